The molecule has 1 aliphatic rings. The Morgan fingerprint density at radius 3 is 2.60 bits per heavy atom. The summed E-state index contributed by atoms with van der Waals surface area (Å²) >= 11 is 0. The molecule has 1 fully saturated rings. The van der Waals surface area contributed by atoms with Gasteiger partial charge in [-0.15, -0.1) is 0 Å². The Labute approximate surface area is 149 Å². The summed E-state index contributed by atoms with van der Waals surface area (Å²) in [4.78, 5) is 12.0. The average Bonchev–Trinajstić information content (AvgIpc) is 2.58. The van der Waals surface area contributed by atoms with Gasteiger partial charge in [-0.05, 0) is 25.0 Å². The van der Waals surface area contributed by atoms with E-state index in [1.165, 1.54) is 6.42 Å². The summed E-state index contributed by atoms with van der Waals surface area (Å²) in [7, 11) is -3.57. The summed E-state index contributed by atoms with van der Waals surface area (Å²) in [5.41, 5.74) is 0.599. The molecule has 0 unspecified atom stereocenters. The minimum absolute atomic E-state index is 0.0651. The fourth-order valence-corrected chi connectivity index (χ4v) is 3.94. The lowest BCUT2D eigenvalue weighted by molar-refractivity contribution is 0.233. The number of sulfonamides is 1. The van der Waals surface area contributed by atoms with Gasteiger partial charge in [-0.2, -0.15) is 5.26 Å². The molecule has 2 amide bonds. The van der Waals surface area contributed by atoms with Gasteiger partial charge in [0.1, 0.15) is 6.07 Å². The van der Waals surface area contributed by atoms with Crippen LogP contribution in [0.1, 0.15) is 37.7 Å². The van der Waals surface area contributed by atoms with Gasteiger partial charge in [0.2, 0.25) is 10.0 Å². The lowest BCUT2D eigenvalue weighted by Gasteiger charge is -2.25. The first-order valence-electron chi connectivity index (χ1n) is 8.43. The predicted octanol–water partition coefficient (Wildman–Crippen LogP) is 1.96. The number of amides is 2. The smallest absolute Gasteiger partial charge is 0.315 e. The van der Waals surface area contributed by atoms with E-state index in [4.69, 9.17) is 0 Å². The minimum Gasteiger partial charge on any atom is -0.336 e. The van der Waals surface area contributed by atoms with Crippen LogP contribution in [-0.4, -0.2) is 39.8 Å². The van der Waals surface area contributed by atoms with E-state index in [2.05, 4.69) is 10.6 Å². The standard InChI is InChI=1S/C17H24N4O3S/c1-25(23,24)21(16-10-6-5-7-14(16)13-18)12-11-19-17(22)20-15-8-3-2-4-9-15/h5-7,10,15H,2-4,8-9,11-12H2,1H3,(H2,19,20,22). The number of nitrogens with zero attached hydrogens (tertiary/aromatic N) is 2. The van der Waals surface area contributed by atoms with Crippen molar-refractivity contribution in [3.8, 4) is 6.07 Å². The monoisotopic (exact) mass is 364 g/mol. The van der Waals surface area contributed by atoms with Crippen LogP contribution in [0.25, 0.3) is 0 Å². The number of anilines is 1. The lowest BCUT2D eigenvalue weighted by atomic mass is 9.96. The number of nitrogens with one attached hydrogen (secondary N) is 2. The van der Waals surface area contributed by atoms with E-state index < -0.39 is 10.0 Å². The average molecular weight is 364 g/mol. The normalized spacial score (nSPS) is 15.2. The number of hydrogen-bond acceptors (Lipinski definition) is 4. The molecule has 2 rings (SSSR count). The van der Waals surface area contributed by atoms with Gasteiger partial charge in [-0.25, -0.2) is 13.2 Å². The molecule has 0 saturated heterocycles. The number of benzene rings is 1. The van der Waals surface area contributed by atoms with Crippen molar-refractivity contribution < 1.29 is 13.2 Å². The zero-order chi connectivity index (χ0) is 18.3. The van der Waals surface area contributed by atoms with Gasteiger partial charge in [-0.1, -0.05) is 31.4 Å². The summed E-state index contributed by atoms with van der Waals surface area (Å²) in [5.74, 6) is 0. The second-order valence-corrected chi connectivity index (χ2v) is 8.11. The largest absolute Gasteiger partial charge is 0.336 e. The van der Waals surface area contributed by atoms with E-state index in [0.717, 1.165) is 36.2 Å². The fraction of sp³-hybridized carbons (Fsp3) is 0.529. The maximum Gasteiger partial charge on any atom is 0.315 e. The van der Waals surface area contributed by atoms with Gasteiger partial charge in [0.15, 0.2) is 0 Å². The number of urea groups is 1. The second-order valence-electron chi connectivity index (χ2n) is 6.20. The van der Waals surface area contributed by atoms with Crippen LogP contribution in [0.15, 0.2) is 24.3 Å². The lowest BCUT2D eigenvalue weighted by Crippen LogP contribution is -2.46. The van der Waals surface area contributed by atoms with Crippen molar-refractivity contribution in [1.29, 1.82) is 5.26 Å². The third-order valence-electron chi connectivity index (χ3n) is 4.23. The number of nitriles is 1. The molecule has 1 aromatic carbocycles. The first-order chi connectivity index (χ1) is 11.9. The highest BCUT2D eigenvalue weighted by Crippen LogP contribution is 2.21. The topological polar surface area (TPSA) is 102 Å². The van der Waals surface area contributed by atoms with Crippen LogP contribution < -0.4 is 14.9 Å². The van der Waals surface area contributed by atoms with Crippen molar-refractivity contribution in [3.63, 3.8) is 0 Å². The van der Waals surface area contributed by atoms with E-state index in [9.17, 15) is 18.5 Å². The number of hydrogen-bond donors (Lipinski definition) is 2. The van der Waals surface area contributed by atoms with Gasteiger partial charge < -0.3 is 10.6 Å². The fourth-order valence-electron chi connectivity index (χ4n) is 3.00. The zero-order valence-electron chi connectivity index (χ0n) is 14.4. The maximum absolute atomic E-state index is 12.1. The molecule has 1 saturated carbocycles. The molecule has 0 aromatic heterocycles. The van der Waals surface area contributed by atoms with Crippen molar-refractivity contribution in [2.24, 2.45) is 0 Å². The summed E-state index contributed by atoms with van der Waals surface area (Å²) in [6.07, 6.45) is 6.51. The number of rotatable bonds is 6. The zero-order valence-corrected chi connectivity index (χ0v) is 15.2. The maximum atomic E-state index is 12.1. The SMILES string of the molecule is CS(=O)(=O)N(CCNC(=O)NC1CCCCC1)c1ccccc1C#N. The number of carbonyl (C=O) groups excluding carboxylic acids is 1. The summed E-state index contributed by atoms with van der Waals surface area (Å²) < 4.78 is 25.3. The molecule has 0 spiro atoms. The third kappa shape index (κ3) is 5.64. The van der Waals surface area contributed by atoms with Crippen molar-refractivity contribution in [2.75, 3.05) is 23.7 Å². The molecule has 0 atom stereocenters. The van der Waals surface area contributed by atoms with Crippen LogP contribution in [0.3, 0.4) is 0 Å². The van der Waals surface area contributed by atoms with Crippen molar-refractivity contribution in [2.45, 2.75) is 38.1 Å². The molecule has 136 valence electrons. The molecule has 1 aromatic rings. The Hall–Kier alpha value is -2.27. The van der Waals surface area contributed by atoms with Crippen molar-refractivity contribution in [3.05, 3.63) is 29.8 Å². The van der Waals surface area contributed by atoms with E-state index in [0.29, 0.717) is 5.69 Å². The molecular weight excluding hydrogens is 340 g/mol. The first kappa shape index (κ1) is 19.1. The van der Waals surface area contributed by atoms with Gasteiger partial charge in [-0.3, -0.25) is 4.31 Å². The summed E-state index contributed by atoms with van der Waals surface area (Å²) in [5, 5.41) is 14.8. The van der Waals surface area contributed by atoms with E-state index >= 15 is 0 Å². The molecule has 7 nitrogen and oxygen atoms in total. The molecule has 0 radical (unpaired) electrons. The molecule has 0 bridgehead atoms. The molecule has 0 aliphatic heterocycles. The molecule has 1 aliphatic carbocycles. The Morgan fingerprint density at radius 1 is 1.28 bits per heavy atom. The van der Waals surface area contributed by atoms with Crippen LogP contribution in [0.5, 0.6) is 0 Å². The van der Waals surface area contributed by atoms with Gasteiger partial charge >= 0.3 is 6.03 Å². The van der Waals surface area contributed by atoms with Crippen LogP contribution in [0.2, 0.25) is 0 Å². The van der Waals surface area contributed by atoms with Crippen molar-refractivity contribution >= 4 is 21.7 Å². The summed E-state index contributed by atoms with van der Waals surface area (Å²) in [6, 6.07) is 8.41. The van der Waals surface area contributed by atoms with E-state index in [1.807, 2.05) is 6.07 Å². The second kappa shape index (κ2) is 8.72. The molecular formula is C17H24N4O3S. The quantitative estimate of drug-likeness (QED) is 0.805. The van der Waals surface area contributed by atoms with E-state index in [-0.39, 0.29) is 30.7 Å². The highest BCUT2D eigenvalue weighted by molar-refractivity contribution is 7.92. The summed E-state index contributed by atoms with van der Waals surface area (Å²) in [6.45, 7) is 0.223. The van der Waals surface area contributed by atoms with Gasteiger partial charge in [0.05, 0.1) is 24.1 Å². The first-order valence-corrected chi connectivity index (χ1v) is 10.3. The predicted molar refractivity (Wildman–Crippen MR) is 96.8 cm³/mol. The highest BCUT2D eigenvalue weighted by Gasteiger charge is 2.20. The Balaban J connectivity index is 1.95. The molecule has 0 heterocycles. The van der Waals surface area contributed by atoms with Gasteiger partial charge in [0, 0.05) is 12.6 Å². The minimum atomic E-state index is -3.57. The Kier molecular flexibility index (Phi) is 6.65. The Morgan fingerprint density at radius 2 is 1.96 bits per heavy atom. The number of carbonyl (C=O) groups is 1. The van der Waals surface area contributed by atoms with Gasteiger partial charge in [0.25, 0.3) is 0 Å². The highest BCUT2D eigenvalue weighted by atomic mass is 32.2. The molecule has 25 heavy (non-hydrogen) atoms. The van der Waals surface area contributed by atoms with Crippen LogP contribution in [0.4, 0.5) is 10.5 Å². The third-order valence-corrected chi connectivity index (χ3v) is 5.41. The van der Waals surface area contributed by atoms with Crippen LogP contribution in [0, 0.1) is 11.3 Å². The Bertz CT molecular complexity index is 737. The van der Waals surface area contributed by atoms with Crippen LogP contribution >= 0.6 is 0 Å². The molecule has 2 N–H and O–H groups in total. The van der Waals surface area contributed by atoms with E-state index in [1.54, 1.807) is 24.3 Å². The number of para-hydroxylation sites is 1. The van der Waals surface area contributed by atoms with Crippen LogP contribution in [-0.2, 0) is 10.0 Å². The van der Waals surface area contributed by atoms with Crippen molar-refractivity contribution in [1.82, 2.24) is 10.6 Å². The molecule has 8 heteroatoms.